The maximum absolute atomic E-state index is 5.79. The molecule has 0 amide bonds. The number of ether oxygens (including phenoxy) is 3. The van der Waals surface area contributed by atoms with Crippen LogP contribution in [-0.2, 0) is 14.2 Å². The molecule has 0 aromatic heterocycles. The van der Waals surface area contributed by atoms with Crippen molar-refractivity contribution in [1.82, 2.24) is 10.2 Å². The zero-order valence-electron chi connectivity index (χ0n) is 16.4. The quantitative estimate of drug-likeness (QED) is 0.662. The number of hydrogen-bond donors (Lipinski definition) is 1. The molecule has 0 bridgehead atoms. The second-order valence-electron chi connectivity index (χ2n) is 6.69. The van der Waals surface area contributed by atoms with E-state index in [1.54, 1.807) is 20.4 Å². The van der Waals surface area contributed by atoms with Crippen molar-refractivity contribution >= 4 is 0 Å². The molecular formula is C19H36N2O3. The molecule has 140 valence electrons. The van der Waals surface area contributed by atoms with Crippen molar-refractivity contribution in [3.63, 3.8) is 0 Å². The van der Waals surface area contributed by atoms with Crippen LogP contribution in [0, 0.1) is 5.41 Å². The highest BCUT2D eigenvalue weighted by molar-refractivity contribution is 5.25. The molecule has 0 spiro atoms. The molecule has 1 saturated heterocycles. The van der Waals surface area contributed by atoms with Gasteiger partial charge in [-0.15, -0.1) is 0 Å². The summed E-state index contributed by atoms with van der Waals surface area (Å²) in [6, 6.07) is 0.262. The highest BCUT2D eigenvalue weighted by Crippen LogP contribution is 2.37. The minimum absolute atomic E-state index is 0.0935. The number of nitrogens with one attached hydrogen (secondary N) is 1. The lowest BCUT2D eigenvalue weighted by atomic mass is 9.75. The first-order chi connectivity index (χ1) is 11.5. The van der Waals surface area contributed by atoms with Crippen LogP contribution in [0.4, 0.5) is 0 Å². The summed E-state index contributed by atoms with van der Waals surface area (Å²) in [4.78, 5) is 2.44. The molecule has 1 N–H and O–H groups in total. The lowest BCUT2D eigenvalue weighted by Gasteiger charge is -2.41. The second kappa shape index (κ2) is 10.2. The van der Waals surface area contributed by atoms with Gasteiger partial charge in [-0.1, -0.05) is 20.4 Å². The Kier molecular flexibility index (Phi) is 8.98. The van der Waals surface area contributed by atoms with Crippen molar-refractivity contribution in [3.8, 4) is 0 Å². The highest BCUT2D eigenvalue weighted by Gasteiger charge is 2.38. The van der Waals surface area contributed by atoms with E-state index >= 15 is 0 Å². The lowest BCUT2D eigenvalue weighted by Crippen LogP contribution is -2.47. The molecule has 24 heavy (non-hydrogen) atoms. The summed E-state index contributed by atoms with van der Waals surface area (Å²) in [5.74, 6) is 0. The van der Waals surface area contributed by atoms with Crippen molar-refractivity contribution in [2.45, 2.75) is 46.3 Å². The summed E-state index contributed by atoms with van der Waals surface area (Å²) in [5.41, 5.74) is 2.24. The first kappa shape index (κ1) is 21.2. The van der Waals surface area contributed by atoms with E-state index < -0.39 is 0 Å². The van der Waals surface area contributed by atoms with Crippen LogP contribution in [0.1, 0.15) is 34.1 Å². The van der Waals surface area contributed by atoms with Crippen LogP contribution >= 0.6 is 0 Å². The molecule has 5 heteroatoms. The molecule has 1 heterocycles. The van der Waals surface area contributed by atoms with Gasteiger partial charge in [0.1, 0.15) is 0 Å². The fourth-order valence-electron chi connectivity index (χ4n) is 3.73. The zero-order chi connectivity index (χ0) is 18.2. The summed E-state index contributed by atoms with van der Waals surface area (Å²) in [6.07, 6.45) is 2.79. The minimum atomic E-state index is -0.204. The first-order valence-electron chi connectivity index (χ1n) is 8.88. The van der Waals surface area contributed by atoms with E-state index in [-0.39, 0.29) is 17.6 Å². The Bertz CT molecular complexity index is 415. The molecule has 1 fully saturated rings. The van der Waals surface area contributed by atoms with E-state index in [1.807, 2.05) is 0 Å². The van der Waals surface area contributed by atoms with Gasteiger partial charge in [0.2, 0.25) is 0 Å². The Morgan fingerprint density at radius 2 is 2.00 bits per heavy atom. The molecule has 0 aliphatic carbocycles. The molecule has 0 radical (unpaired) electrons. The Morgan fingerprint density at radius 1 is 1.38 bits per heavy atom. The molecule has 2 unspecified atom stereocenters. The van der Waals surface area contributed by atoms with Crippen molar-refractivity contribution in [1.29, 1.82) is 0 Å². The molecule has 1 aliphatic rings. The Labute approximate surface area is 148 Å². The smallest absolute Gasteiger partial charge is 0.0682 e. The molecule has 5 nitrogen and oxygen atoms in total. The number of hydrogen-bond acceptors (Lipinski definition) is 5. The summed E-state index contributed by atoms with van der Waals surface area (Å²) in [5, 5.41) is 3.40. The molecule has 0 aromatic carbocycles. The number of morpholine rings is 1. The van der Waals surface area contributed by atoms with Gasteiger partial charge < -0.3 is 19.5 Å². The van der Waals surface area contributed by atoms with E-state index in [2.05, 4.69) is 44.5 Å². The summed E-state index contributed by atoms with van der Waals surface area (Å²) in [6.45, 7) is 16.7. The van der Waals surface area contributed by atoms with Crippen LogP contribution < -0.4 is 5.32 Å². The largest absolute Gasteiger partial charge is 0.384 e. The van der Waals surface area contributed by atoms with E-state index in [0.717, 1.165) is 32.7 Å². The predicted molar refractivity (Wildman–Crippen MR) is 99.0 cm³/mol. The van der Waals surface area contributed by atoms with Crippen LogP contribution in [0.25, 0.3) is 0 Å². The van der Waals surface area contributed by atoms with Crippen molar-refractivity contribution < 1.29 is 14.2 Å². The first-order valence-corrected chi connectivity index (χ1v) is 8.88. The van der Waals surface area contributed by atoms with Crippen molar-refractivity contribution in [3.05, 3.63) is 24.0 Å². The molecule has 3 atom stereocenters. The monoisotopic (exact) mass is 340 g/mol. The number of nitrogens with zero attached hydrogens (tertiary/aromatic N) is 1. The fraction of sp³-hybridized carbons (Fsp3) is 0.789. The third kappa shape index (κ3) is 4.82. The second-order valence-corrected chi connectivity index (χ2v) is 6.69. The van der Waals surface area contributed by atoms with Gasteiger partial charge in [0.05, 0.1) is 25.9 Å². The average molecular weight is 341 g/mol. The van der Waals surface area contributed by atoms with Crippen molar-refractivity contribution in [2.75, 3.05) is 47.1 Å². The van der Waals surface area contributed by atoms with Crippen LogP contribution in [-0.4, -0.2) is 64.2 Å². The third-order valence-corrected chi connectivity index (χ3v) is 5.34. The Hall–Kier alpha value is -0.880. The topological polar surface area (TPSA) is 43.0 Å². The van der Waals surface area contributed by atoms with E-state index in [1.165, 1.54) is 11.3 Å². The fourth-order valence-corrected chi connectivity index (χ4v) is 3.73. The van der Waals surface area contributed by atoms with Crippen LogP contribution in [0.2, 0.25) is 0 Å². The average Bonchev–Trinajstić information content (AvgIpc) is 2.60. The predicted octanol–water partition coefficient (Wildman–Crippen LogP) is 2.79. The van der Waals surface area contributed by atoms with Gasteiger partial charge in [-0.25, -0.2) is 0 Å². The van der Waals surface area contributed by atoms with Gasteiger partial charge in [0, 0.05) is 44.5 Å². The maximum Gasteiger partial charge on any atom is 0.0682 e. The summed E-state index contributed by atoms with van der Waals surface area (Å²) < 4.78 is 16.8. The third-order valence-electron chi connectivity index (χ3n) is 5.34. The maximum atomic E-state index is 5.79. The molecule has 1 rings (SSSR count). The van der Waals surface area contributed by atoms with Gasteiger partial charge >= 0.3 is 0 Å². The summed E-state index contributed by atoms with van der Waals surface area (Å²) in [7, 11) is 3.53. The minimum Gasteiger partial charge on any atom is -0.384 e. The van der Waals surface area contributed by atoms with Crippen molar-refractivity contribution in [2.24, 2.45) is 5.41 Å². The number of rotatable bonds is 10. The lowest BCUT2D eigenvalue weighted by molar-refractivity contribution is -0.0277. The molecule has 0 aromatic rings. The number of methoxy groups -OCH3 is 2. The van der Waals surface area contributed by atoms with Gasteiger partial charge in [0.25, 0.3) is 0 Å². The van der Waals surface area contributed by atoms with E-state index in [9.17, 15) is 0 Å². The highest BCUT2D eigenvalue weighted by atomic mass is 16.5. The Morgan fingerprint density at radius 3 is 2.46 bits per heavy atom. The normalized spacial score (nSPS) is 22.2. The van der Waals surface area contributed by atoms with Gasteiger partial charge in [-0.05, 0) is 32.0 Å². The van der Waals surface area contributed by atoms with E-state index in [0.29, 0.717) is 6.61 Å². The van der Waals surface area contributed by atoms with Crippen LogP contribution in [0.15, 0.2) is 24.0 Å². The summed E-state index contributed by atoms with van der Waals surface area (Å²) >= 11 is 0. The molecule has 0 saturated carbocycles. The van der Waals surface area contributed by atoms with Crippen LogP contribution in [0.3, 0.4) is 0 Å². The molecular weight excluding hydrogens is 304 g/mol. The SMILES string of the molecule is C=CN/C(=C(/C)[C@@](C)(COC)C(CC)OC)C(C)N1CCOCC1. The van der Waals surface area contributed by atoms with Gasteiger partial charge in [-0.3, -0.25) is 4.90 Å². The van der Waals surface area contributed by atoms with Crippen LogP contribution in [0.5, 0.6) is 0 Å². The van der Waals surface area contributed by atoms with E-state index in [4.69, 9.17) is 14.2 Å². The standard InChI is InChI=1S/C19H36N2O3/c1-8-17(23-7)19(5,14-22-6)15(3)18(20-9-2)16(4)21-10-12-24-13-11-21/h9,16-17,20H,2,8,10-14H2,1,3-7H3/b18-15-/t16?,17?,19-/m1/s1. The zero-order valence-corrected chi connectivity index (χ0v) is 16.4. The van der Waals surface area contributed by atoms with Gasteiger partial charge in [0.15, 0.2) is 0 Å². The molecule has 1 aliphatic heterocycles. The van der Waals surface area contributed by atoms with Gasteiger partial charge in [-0.2, -0.15) is 0 Å². The Balaban J connectivity index is 3.24.